The Balaban J connectivity index is 2.18. The second-order valence-electron chi connectivity index (χ2n) is 7.80. The van der Waals surface area contributed by atoms with Gasteiger partial charge in [0.2, 0.25) is 5.91 Å². The maximum atomic E-state index is 15.1. The van der Waals surface area contributed by atoms with Gasteiger partial charge in [0.25, 0.3) is 0 Å². The van der Waals surface area contributed by atoms with Gasteiger partial charge < -0.3 is 10.1 Å². The topological polar surface area (TPSA) is 107 Å². The van der Waals surface area contributed by atoms with Gasteiger partial charge in [-0.05, 0) is 32.4 Å². The molecular formula is C18H22ClF2N5O3. The van der Waals surface area contributed by atoms with Crippen LogP contribution in [0.4, 0.5) is 13.6 Å². The average Bonchev–Trinajstić information content (AvgIpc) is 2.98. The molecule has 1 aliphatic heterocycles. The van der Waals surface area contributed by atoms with Crippen molar-refractivity contribution in [2.45, 2.75) is 51.0 Å². The highest BCUT2D eigenvalue weighted by Crippen LogP contribution is 2.33. The van der Waals surface area contributed by atoms with Crippen LogP contribution in [0.2, 0.25) is 5.02 Å². The summed E-state index contributed by atoms with van der Waals surface area (Å²) in [6.07, 6.45) is -1.25. The number of carbonyl (C=O) groups excluding carboxylic acids is 2. The Kier molecular flexibility index (Phi) is 6.92. The molecule has 1 aliphatic rings. The van der Waals surface area contributed by atoms with Crippen molar-refractivity contribution < 1.29 is 23.1 Å². The number of hydrogen-bond donors (Lipinski definition) is 1. The van der Waals surface area contributed by atoms with Gasteiger partial charge in [0.1, 0.15) is 23.1 Å². The van der Waals surface area contributed by atoms with Gasteiger partial charge in [-0.3, -0.25) is 9.69 Å². The third-order valence-corrected chi connectivity index (χ3v) is 4.51. The molecule has 11 heteroatoms. The van der Waals surface area contributed by atoms with Gasteiger partial charge in [0, 0.05) is 23.4 Å². The molecule has 1 fully saturated rings. The molecule has 1 heterocycles. The molecule has 2 rings (SSSR count). The summed E-state index contributed by atoms with van der Waals surface area (Å²) >= 11 is 5.72. The molecule has 0 bridgehead atoms. The quantitative estimate of drug-likeness (QED) is 0.432. The molecule has 0 radical (unpaired) electrons. The van der Waals surface area contributed by atoms with E-state index >= 15 is 4.39 Å². The number of rotatable bonds is 5. The first-order valence-electron chi connectivity index (χ1n) is 8.86. The predicted molar refractivity (Wildman–Crippen MR) is 102 cm³/mol. The normalized spacial score (nSPS) is 21.4. The maximum absolute atomic E-state index is 15.1. The van der Waals surface area contributed by atoms with Crippen LogP contribution < -0.4 is 5.32 Å². The van der Waals surface area contributed by atoms with Crippen molar-refractivity contribution in [2.75, 3.05) is 13.1 Å². The van der Waals surface area contributed by atoms with Gasteiger partial charge in [0.15, 0.2) is 0 Å². The molecule has 2 amide bonds. The number of nitrogens with zero attached hydrogens (tertiary/aromatic N) is 4. The molecule has 0 aromatic heterocycles. The fourth-order valence-corrected chi connectivity index (χ4v) is 3.14. The summed E-state index contributed by atoms with van der Waals surface area (Å²) in [7, 11) is 0. The average molecular weight is 430 g/mol. The lowest BCUT2D eigenvalue weighted by molar-refractivity contribution is -0.125. The van der Waals surface area contributed by atoms with Gasteiger partial charge in [-0.15, -0.1) is 0 Å². The first kappa shape index (κ1) is 22.7. The van der Waals surface area contributed by atoms with E-state index in [1.165, 1.54) is 18.2 Å². The van der Waals surface area contributed by atoms with Crippen LogP contribution in [0.1, 0.15) is 32.8 Å². The first-order valence-corrected chi connectivity index (χ1v) is 9.23. The van der Waals surface area contributed by atoms with Crippen LogP contribution in [-0.4, -0.2) is 47.3 Å². The minimum Gasteiger partial charge on any atom is -0.444 e. The number of hydrogen-bond acceptors (Lipinski definition) is 4. The number of alkyl halides is 1. The van der Waals surface area contributed by atoms with E-state index in [2.05, 4.69) is 15.3 Å². The van der Waals surface area contributed by atoms with Crippen molar-refractivity contribution in [3.05, 3.63) is 45.0 Å². The molecule has 158 valence electrons. The number of nitrogens with one attached hydrogen (secondary N) is 1. The van der Waals surface area contributed by atoms with E-state index in [0.29, 0.717) is 0 Å². The lowest BCUT2D eigenvalue weighted by atomic mass is 10.0. The van der Waals surface area contributed by atoms with Gasteiger partial charge in [-0.1, -0.05) is 28.8 Å². The van der Waals surface area contributed by atoms with Crippen LogP contribution in [0.15, 0.2) is 23.3 Å². The second-order valence-corrected chi connectivity index (χ2v) is 8.21. The number of amides is 2. The summed E-state index contributed by atoms with van der Waals surface area (Å²) in [5.74, 6) is -1.36. The molecule has 0 unspecified atom stereocenters. The lowest BCUT2D eigenvalue weighted by Crippen LogP contribution is -2.47. The molecule has 1 N–H and O–H groups in total. The minimum absolute atomic E-state index is 0.0925. The summed E-state index contributed by atoms with van der Waals surface area (Å²) in [5, 5.41) is 5.63. The van der Waals surface area contributed by atoms with Crippen molar-refractivity contribution in [3.63, 3.8) is 0 Å². The van der Waals surface area contributed by atoms with E-state index in [-0.39, 0.29) is 23.6 Å². The Bertz CT molecular complexity index is 841. The summed E-state index contributed by atoms with van der Waals surface area (Å²) in [6, 6.07) is 3.15. The summed E-state index contributed by atoms with van der Waals surface area (Å²) < 4.78 is 34.3. The van der Waals surface area contributed by atoms with E-state index in [0.717, 1.165) is 4.90 Å². The van der Waals surface area contributed by atoms with Crippen molar-refractivity contribution in [1.29, 1.82) is 0 Å². The standard InChI is InChI=1S/C18H22ClF2N5O3/c1-17(2,3)29-16(28)26-10-18(21,9-24-25-22)7-13(26)15(27)23-8-11-5-4-6-12(19)14(11)20/h4-6,13H,7-10H2,1-3H3,(H,23,27)/t13-,18-/m0/s1. The third-order valence-electron chi connectivity index (χ3n) is 4.22. The number of ether oxygens (including phenoxy) is 1. The van der Waals surface area contributed by atoms with Crippen LogP contribution in [0, 0.1) is 5.82 Å². The predicted octanol–water partition coefficient (Wildman–Crippen LogP) is 4.12. The lowest BCUT2D eigenvalue weighted by Gasteiger charge is -2.28. The zero-order chi connectivity index (χ0) is 21.8. The second kappa shape index (κ2) is 8.84. The minimum atomic E-state index is -2.08. The van der Waals surface area contributed by atoms with Gasteiger partial charge in [0.05, 0.1) is 18.1 Å². The monoisotopic (exact) mass is 429 g/mol. The number of benzene rings is 1. The summed E-state index contributed by atoms with van der Waals surface area (Å²) in [4.78, 5) is 28.7. The van der Waals surface area contributed by atoms with Crippen LogP contribution in [0.5, 0.6) is 0 Å². The highest BCUT2D eigenvalue weighted by Gasteiger charge is 2.50. The molecule has 1 aromatic carbocycles. The Morgan fingerprint density at radius 2 is 2.17 bits per heavy atom. The summed E-state index contributed by atoms with van der Waals surface area (Å²) in [5.41, 5.74) is 5.68. The number of azide groups is 1. The van der Waals surface area contributed by atoms with Crippen LogP contribution >= 0.6 is 11.6 Å². The number of likely N-dealkylation sites (tertiary alicyclic amines) is 1. The molecule has 8 nitrogen and oxygen atoms in total. The largest absolute Gasteiger partial charge is 0.444 e. The Labute approximate surface area is 171 Å². The molecule has 1 aromatic rings. The zero-order valence-corrected chi connectivity index (χ0v) is 17.0. The fraction of sp³-hybridized carbons (Fsp3) is 0.556. The molecule has 1 saturated heterocycles. The smallest absolute Gasteiger partial charge is 0.411 e. The van der Waals surface area contributed by atoms with Crippen molar-refractivity contribution in [1.82, 2.24) is 10.2 Å². The SMILES string of the molecule is CC(C)(C)OC(=O)N1C[C@@](F)(CN=[N+]=[N-])C[C@H]1C(=O)NCc1cccc(Cl)c1F. The maximum Gasteiger partial charge on any atom is 0.411 e. The Hall–Kier alpha value is -2.58. The van der Waals surface area contributed by atoms with Crippen LogP contribution in [-0.2, 0) is 16.1 Å². The molecule has 2 atom stereocenters. The van der Waals surface area contributed by atoms with E-state index in [4.69, 9.17) is 21.9 Å². The van der Waals surface area contributed by atoms with E-state index in [1.807, 2.05) is 0 Å². The van der Waals surface area contributed by atoms with E-state index < -0.39 is 48.2 Å². The molecular weight excluding hydrogens is 408 g/mol. The molecule has 0 spiro atoms. The highest BCUT2D eigenvalue weighted by atomic mass is 35.5. The van der Waals surface area contributed by atoms with Crippen molar-refractivity contribution >= 4 is 23.6 Å². The fourth-order valence-electron chi connectivity index (χ4n) is 2.94. The Morgan fingerprint density at radius 1 is 1.48 bits per heavy atom. The zero-order valence-electron chi connectivity index (χ0n) is 16.3. The number of carbonyl (C=O) groups is 2. The van der Waals surface area contributed by atoms with E-state index in [9.17, 15) is 14.0 Å². The van der Waals surface area contributed by atoms with Gasteiger partial charge >= 0.3 is 6.09 Å². The molecule has 0 aliphatic carbocycles. The van der Waals surface area contributed by atoms with Crippen LogP contribution in [0.3, 0.4) is 0 Å². The van der Waals surface area contributed by atoms with Crippen molar-refractivity contribution in [2.24, 2.45) is 5.11 Å². The molecule has 0 saturated carbocycles. The molecule has 29 heavy (non-hydrogen) atoms. The van der Waals surface area contributed by atoms with Crippen LogP contribution in [0.25, 0.3) is 10.4 Å². The first-order chi connectivity index (χ1) is 13.5. The third kappa shape index (κ3) is 5.95. The van der Waals surface area contributed by atoms with E-state index in [1.54, 1.807) is 20.8 Å². The Morgan fingerprint density at radius 3 is 2.79 bits per heavy atom. The van der Waals surface area contributed by atoms with Gasteiger partial charge in [-0.2, -0.15) is 0 Å². The van der Waals surface area contributed by atoms with Gasteiger partial charge in [-0.25, -0.2) is 13.6 Å². The summed E-state index contributed by atoms with van der Waals surface area (Å²) in [6.45, 7) is 3.72. The van der Waals surface area contributed by atoms with Crippen molar-refractivity contribution in [3.8, 4) is 0 Å². The number of halogens is 3. The highest BCUT2D eigenvalue weighted by molar-refractivity contribution is 6.30.